The van der Waals surface area contributed by atoms with Crippen LogP contribution in [0.25, 0.3) is 11.0 Å². The Morgan fingerprint density at radius 3 is 2.52 bits per heavy atom. The van der Waals surface area contributed by atoms with Gasteiger partial charge < -0.3 is 19.5 Å². The van der Waals surface area contributed by atoms with E-state index in [0.717, 1.165) is 17.8 Å². The van der Waals surface area contributed by atoms with Crippen molar-refractivity contribution < 1.29 is 9.21 Å². The van der Waals surface area contributed by atoms with Gasteiger partial charge in [-0.3, -0.25) is 9.78 Å². The van der Waals surface area contributed by atoms with Crippen LogP contribution in [0.5, 0.6) is 0 Å². The molecule has 0 saturated carbocycles. The predicted molar refractivity (Wildman–Crippen MR) is 107 cm³/mol. The van der Waals surface area contributed by atoms with E-state index in [-0.39, 0.29) is 11.9 Å². The molecule has 0 unspecified atom stereocenters. The monoisotopic (exact) mass is 370 g/mol. The highest BCUT2D eigenvalue weighted by Crippen LogP contribution is 2.30. The van der Waals surface area contributed by atoms with Gasteiger partial charge in [0.05, 0.1) is 0 Å². The molecular weight excluding hydrogens is 340 g/mol. The number of fused-ring (bicyclic) bond motifs is 4. The molecule has 6 nitrogen and oxygen atoms in total. The first-order valence-electron chi connectivity index (χ1n) is 10.1. The molecule has 5 rings (SSSR count). The second kappa shape index (κ2) is 7.15. The van der Waals surface area contributed by atoms with Gasteiger partial charge in [-0.25, -0.2) is 0 Å². The molecule has 1 amide bonds. The quantitative estimate of drug-likeness (QED) is 0.875. The van der Waals surface area contributed by atoms with Crippen LogP contribution in [0.4, 0.5) is 5.88 Å². The number of hydrogen-bond donors (Lipinski definition) is 1. The second-order valence-electron chi connectivity index (χ2n) is 8.50. The Bertz CT molecular complexity index is 813. The van der Waals surface area contributed by atoms with Gasteiger partial charge in [-0.2, -0.15) is 0 Å². The summed E-state index contributed by atoms with van der Waals surface area (Å²) >= 11 is 0. The van der Waals surface area contributed by atoms with Gasteiger partial charge in [-0.15, -0.1) is 0 Å². The summed E-state index contributed by atoms with van der Waals surface area (Å²) in [6, 6.07) is 4.68. The van der Waals surface area contributed by atoms with Crippen molar-refractivity contribution in [1.82, 2.24) is 15.2 Å². The molecule has 3 saturated heterocycles. The van der Waals surface area contributed by atoms with E-state index in [1.165, 1.54) is 25.9 Å². The number of amides is 1. The highest BCUT2D eigenvalue weighted by atomic mass is 16.4. The van der Waals surface area contributed by atoms with Crippen LogP contribution < -0.4 is 10.2 Å². The molecule has 2 bridgehead atoms. The van der Waals surface area contributed by atoms with E-state index >= 15 is 0 Å². The zero-order valence-electron chi connectivity index (χ0n) is 16.7. The van der Waals surface area contributed by atoms with Crippen molar-refractivity contribution in [3.05, 3.63) is 24.0 Å². The summed E-state index contributed by atoms with van der Waals surface area (Å²) in [6.07, 6.45) is 4.10. The number of furan rings is 1. The summed E-state index contributed by atoms with van der Waals surface area (Å²) in [4.78, 5) is 21.8. The van der Waals surface area contributed by atoms with Gasteiger partial charge in [-0.1, -0.05) is 0 Å². The molecule has 3 fully saturated rings. The minimum absolute atomic E-state index is 0.0989. The number of hydrogen-bond acceptors (Lipinski definition) is 5. The van der Waals surface area contributed by atoms with E-state index in [1.54, 1.807) is 12.3 Å². The third-order valence-corrected chi connectivity index (χ3v) is 5.96. The van der Waals surface area contributed by atoms with Crippen molar-refractivity contribution >= 4 is 22.8 Å². The Morgan fingerprint density at radius 2 is 1.93 bits per heavy atom. The Hall–Kier alpha value is -2.08. The molecule has 146 valence electrons. The molecular formula is C21H30N4O2. The van der Waals surface area contributed by atoms with Crippen molar-refractivity contribution in [2.75, 3.05) is 24.5 Å². The Morgan fingerprint density at radius 1 is 1.22 bits per heavy atom. The van der Waals surface area contributed by atoms with Crippen LogP contribution in [0.2, 0.25) is 0 Å². The van der Waals surface area contributed by atoms with E-state index < -0.39 is 0 Å². The van der Waals surface area contributed by atoms with Crippen molar-refractivity contribution in [1.29, 1.82) is 0 Å². The SMILES string of the molecule is CC(C)N(c1cc2cnc(C(=O)N[C@H]3CN4CCC3CC4)cc2o1)C(C)C. The highest BCUT2D eigenvalue weighted by molar-refractivity contribution is 5.95. The zero-order chi connectivity index (χ0) is 19.1. The first-order chi connectivity index (χ1) is 12.9. The summed E-state index contributed by atoms with van der Waals surface area (Å²) < 4.78 is 6.08. The minimum atomic E-state index is -0.0989. The van der Waals surface area contributed by atoms with Gasteiger partial charge in [0, 0.05) is 48.4 Å². The van der Waals surface area contributed by atoms with Gasteiger partial charge >= 0.3 is 0 Å². The molecule has 6 heteroatoms. The van der Waals surface area contributed by atoms with E-state index in [1.807, 2.05) is 6.07 Å². The lowest BCUT2D eigenvalue weighted by molar-refractivity contribution is 0.0618. The lowest BCUT2D eigenvalue weighted by atomic mass is 9.84. The van der Waals surface area contributed by atoms with Gasteiger partial charge in [0.1, 0.15) is 11.3 Å². The summed E-state index contributed by atoms with van der Waals surface area (Å²) in [5, 5.41) is 4.13. The number of pyridine rings is 1. The molecule has 0 spiro atoms. The number of rotatable bonds is 5. The van der Waals surface area contributed by atoms with Crippen molar-refractivity contribution in [3.63, 3.8) is 0 Å². The highest BCUT2D eigenvalue weighted by Gasteiger charge is 2.35. The standard InChI is InChI=1S/C21H30N4O2/c1-13(2)25(14(3)4)20-9-16-11-22-17(10-19(16)27-20)21(26)23-18-12-24-7-5-15(18)6-8-24/h9-11,13-15,18H,5-8,12H2,1-4H3,(H,23,26)/t18-/m0/s1. The smallest absolute Gasteiger partial charge is 0.270 e. The summed E-state index contributed by atoms with van der Waals surface area (Å²) in [6.45, 7) is 11.9. The van der Waals surface area contributed by atoms with Gasteiger partial charge in [0.15, 0.2) is 5.88 Å². The molecule has 2 aromatic rings. The largest absolute Gasteiger partial charge is 0.440 e. The number of piperidine rings is 3. The average Bonchev–Trinajstić information content (AvgIpc) is 3.04. The Balaban J connectivity index is 1.53. The Labute approximate surface area is 160 Å². The van der Waals surface area contributed by atoms with Crippen LogP contribution in [0.15, 0.2) is 22.7 Å². The van der Waals surface area contributed by atoms with Gasteiger partial charge in [0.2, 0.25) is 0 Å². The molecule has 3 aliphatic rings. The Kier molecular flexibility index (Phi) is 4.84. The molecule has 3 aliphatic heterocycles. The van der Waals surface area contributed by atoms with Crippen LogP contribution >= 0.6 is 0 Å². The molecule has 1 N–H and O–H groups in total. The van der Waals surface area contributed by atoms with Crippen LogP contribution in [-0.4, -0.2) is 53.6 Å². The number of aromatic nitrogens is 1. The van der Waals surface area contributed by atoms with Gasteiger partial charge in [-0.05, 0) is 59.5 Å². The molecule has 0 aromatic carbocycles. The minimum Gasteiger partial charge on any atom is -0.440 e. The lowest BCUT2D eigenvalue weighted by Crippen LogP contribution is -2.57. The fourth-order valence-corrected chi connectivity index (χ4v) is 4.65. The van der Waals surface area contributed by atoms with Crippen LogP contribution in [-0.2, 0) is 0 Å². The molecule has 1 atom stereocenters. The number of carbonyl (C=O) groups is 1. The molecule has 5 heterocycles. The normalized spacial score (nSPS) is 24.7. The maximum absolute atomic E-state index is 12.7. The number of anilines is 1. The number of carbonyl (C=O) groups excluding carboxylic acids is 1. The van der Waals surface area contributed by atoms with Crippen molar-refractivity contribution in [3.8, 4) is 0 Å². The fourth-order valence-electron chi connectivity index (χ4n) is 4.65. The average molecular weight is 370 g/mol. The summed E-state index contributed by atoms with van der Waals surface area (Å²) in [5.74, 6) is 1.33. The maximum atomic E-state index is 12.7. The topological polar surface area (TPSA) is 61.6 Å². The third kappa shape index (κ3) is 3.55. The van der Waals surface area contributed by atoms with E-state index in [0.29, 0.717) is 29.3 Å². The van der Waals surface area contributed by atoms with E-state index in [2.05, 4.69) is 47.8 Å². The summed E-state index contributed by atoms with van der Waals surface area (Å²) in [5.41, 5.74) is 1.14. The van der Waals surface area contributed by atoms with Crippen LogP contribution in [0.1, 0.15) is 51.0 Å². The van der Waals surface area contributed by atoms with E-state index in [9.17, 15) is 4.79 Å². The molecule has 2 aromatic heterocycles. The number of nitrogens with one attached hydrogen (secondary N) is 1. The third-order valence-electron chi connectivity index (χ3n) is 5.96. The molecule has 27 heavy (non-hydrogen) atoms. The van der Waals surface area contributed by atoms with Gasteiger partial charge in [0.25, 0.3) is 5.91 Å². The second-order valence-corrected chi connectivity index (χ2v) is 8.50. The van der Waals surface area contributed by atoms with Crippen molar-refractivity contribution in [2.24, 2.45) is 5.92 Å². The maximum Gasteiger partial charge on any atom is 0.270 e. The zero-order valence-corrected chi connectivity index (χ0v) is 16.7. The van der Waals surface area contributed by atoms with Crippen LogP contribution in [0, 0.1) is 5.92 Å². The summed E-state index contributed by atoms with van der Waals surface area (Å²) in [7, 11) is 0. The molecule has 0 aliphatic carbocycles. The van der Waals surface area contributed by atoms with Crippen LogP contribution in [0.3, 0.4) is 0 Å². The first-order valence-corrected chi connectivity index (χ1v) is 10.1. The van der Waals surface area contributed by atoms with E-state index in [4.69, 9.17) is 4.42 Å². The first kappa shape index (κ1) is 18.3. The number of nitrogens with zero attached hydrogens (tertiary/aromatic N) is 3. The fraction of sp³-hybridized carbons (Fsp3) is 0.619. The van der Waals surface area contributed by atoms with Crippen molar-refractivity contribution in [2.45, 2.75) is 58.7 Å². The molecule has 0 radical (unpaired) electrons. The predicted octanol–water partition coefficient (Wildman–Crippen LogP) is 3.28. The lowest BCUT2D eigenvalue weighted by Gasteiger charge is -2.44.